The summed E-state index contributed by atoms with van der Waals surface area (Å²) in [5.74, 6) is 0.457. The van der Waals surface area contributed by atoms with Gasteiger partial charge in [0.1, 0.15) is 12.4 Å². The summed E-state index contributed by atoms with van der Waals surface area (Å²) in [7, 11) is -3.38. The van der Waals surface area contributed by atoms with Gasteiger partial charge in [0.05, 0.1) is 12.4 Å². The fourth-order valence-electron chi connectivity index (χ4n) is 2.34. The maximum Gasteiger partial charge on any atom is 0.217 e. The number of sulfonamides is 1. The molecule has 1 heterocycles. The van der Waals surface area contributed by atoms with Crippen LogP contribution in [0, 0.1) is 0 Å². The molecule has 1 atom stereocenters. The normalized spacial score (nSPS) is 20.1. The van der Waals surface area contributed by atoms with Crippen LogP contribution < -0.4 is 10.5 Å². The van der Waals surface area contributed by atoms with Crippen molar-refractivity contribution in [1.29, 1.82) is 0 Å². The second-order valence-corrected chi connectivity index (χ2v) is 6.87. The van der Waals surface area contributed by atoms with Crippen molar-refractivity contribution in [1.82, 2.24) is 4.31 Å². The lowest BCUT2D eigenvalue weighted by Crippen LogP contribution is -2.40. The van der Waals surface area contributed by atoms with Crippen LogP contribution in [-0.4, -0.2) is 49.4 Å². The number of rotatable bonds is 6. The molecule has 20 heavy (non-hydrogen) atoms. The van der Waals surface area contributed by atoms with Gasteiger partial charge in [-0.1, -0.05) is 6.07 Å². The molecule has 0 saturated carbocycles. The van der Waals surface area contributed by atoms with Crippen molar-refractivity contribution in [2.75, 3.05) is 31.2 Å². The first kappa shape index (κ1) is 15.1. The number of benzene rings is 1. The largest absolute Gasteiger partial charge is 0.492 e. The summed E-state index contributed by atoms with van der Waals surface area (Å²) in [5, 5.41) is 9.18. The highest BCUT2D eigenvalue weighted by atomic mass is 32.2. The molecular formula is C13H20N2O4S. The number of aliphatic hydroxyl groups is 1. The molecule has 1 saturated heterocycles. The van der Waals surface area contributed by atoms with E-state index in [1.807, 2.05) is 0 Å². The summed E-state index contributed by atoms with van der Waals surface area (Å²) in [6.45, 7) is 0.418. The van der Waals surface area contributed by atoms with Crippen molar-refractivity contribution in [3.8, 4) is 5.75 Å². The van der Waals surface area contributed by atoms with E-state index in [2.05, 4.69) is 0 Å². The minimum absolute atomic E-state index is 0.0699. The van der Waals surface area contributed by atoms with Gasteiger partial charge in [-0.3, -0.25) is 0 Å². The van der Waals surface area contributed by atoms with Crippen LogP contribution in [0.1, 0.15) is 12.8 Å². The van der Waals surface area contributed by atoms with Crippen LogP contribution in [0.5, 0.6) is 5.75 Å². The smallest absolute Gasteiger partial charge is 0.217 e. The van der Waals surface area contributed by atoms with Gasteiger partial charge in [0.2, 0.25) is 10.0 Å². The molecule has 0 bridgehead atoms. The molecule has 1 fully saturated rings. The van der Waals surface area contributed by atoms with E-state index in [4.69, 9.17) is 10.5 Å². The van der Waals surface area contributed by atoms with Crippen molar-refractivity contribution < 1.29 is 18.3 Å². The Labute approximate surface area is 119 Å². The maximum absolute atomic E-state index is 12.2. The van der Waals surface area contributed by atoms with Gasteiger partial charge in [0.15, 0.2) is 0 Å². The molecule has 0 spiro atoms. The van der Waals surface area contributed by atoms with E-state index in [1.165, 1.54) is 4.31 Å². The molecule has 1 aliphatic heterocycles. The summed E-state index contributed by atoms with van der Waals surface area (Å²) in [6, 6.07) is 6.59. The first-order chi connectivity index (χ1) is 9.53. The molecule has 0 aliphatic carbocycles. The lowest BCUT2D eigenvalue weighted by molar-refractivity contribution is 0.212. The quantitative estimate of drug-likeness (QED) is 0.743. The third-order valence-electron chi connectivity index (χ3n) is 3.36. The number of nitrogens with zero attached hydrogens (tertiary/aromatic N) is 1. The molecule has 1 aromatic rings. The average molecular weight is 300 g/mol. The van der Waals surface area contributed by atoms with E-state index >= 15 is 0 Å². The van der Waals surface area contributed by atoms with Gasteiger partial charge >= 0.3 is 0 Å². The number of anilines is 1. The summed E-state index contributed by atoms with van der Waals surface area (Å²) >= 11 is 0. The lowest BCUT2D eigenvalue weighted by atomic mass is 10.2. The van der Waals surface area contributed by atoms with Crippen molar-refractivity contribution in [2.45, 2.75) is 18.9 Å². The van der Waals surface area contributed by atoms with Gasteiger partial charge < -0.3 is 15.6 Å². The van der Waals surface area contributed by atoms with Crippen LogP contribution in [0.4, 0.5) is 5.69 Å². The van der Waals surface area contributed by atoms with Crippen LogP contribution in [-0.2, 0) is 10.0 Å². The molecule has 0 amide bonds. The molecule has 7 heteroatoms. The Morgan fingerprint density at radius 2 is 2.25 bits per heavy atom. The number of aliphatic hydroxyl groups excluding tert-OH is 1. The van der Waals surface area contributed by atoms with E-state index in [0.29, 0.717) is 24.4 Å². The fourth-order valence-corrected chi connectivity index (χ4v) is 3.91. The highest BCUT2D eigenvalue weighted by Gasteiger charge is 2.33. The van der Waals surface area contributed by atoms with Crippen LogP contribution in [0.3, 0.4) is 0 Å². The standard InChI is InChI=1S/C13H20N2O4S/c14-11-3-1-5-13(9-11)19-7-8-20(17,18)15-6-2-4-12(15)10-16/h1,3,5,9,12,16H,2,4,6-8,10,14H2/t12-/m1/s1. The van der Waals surface area contributed by atoms with E-state index in [1.54, 1.807) is 24.3 Å². The van der Waals surface area contributed by atoms with Crippen LogP contribution >= 0.6 is 0 Å². The zero-order valence-electron chi connectivity index (χ0n) is 11.2. The predicted octanol–water partition coefficient (Wildman–Crippen LogP) is 0.434. The molecule has 2 rings (SSSR count). The molecule has 112 valence electrons. The number of nitrogen functional groups attached to an aromatic ring is 1. The third-order valence-corrected chi connectivity index (χ3v) is 5.24. The Bertz CT molecular complexity index is 547. The van der Waals surface area contributed by atoms with Gasteiger partial charge in [-0.05, 0) is 25.0 Å². The van der Waals surface area contributed by atoms with Crippen molar-refractivity contribution in [3.63, 3.8) is 0 Å². The third kappa shape index (κ3) is 3.62. The molecule has 1 aromatic carbocycles. The lowest BCUT2D eigenvalue weighted by Gasteiger charge is -2.22. The minimum atomic E-state index is -3.38. The molecule has 0 radical (unpaired) electrons. The second-order valence-electron chi connectivity index (χ2n) is 4.83. The first-order valence-electron chi connectivity index (χ1n) is 6.61. The summed E-state index contributed by atoms with van der Waals surface area (Å²) in [6.07, 6.45) is 1.51. The van der Waals surface area contributed by atoms with Crippen molar-refractivity contribution >= 4 is 15.7 Å². The first-order valence-corrected chi connectivity index (χ1v) is 8.22. The highest BCUT2D eigenvalue weighted by molar-refractivity contribution is 7.89. The Morgan fingerprint density at radius 3 is 2.95 bits per heavy atom. The topological polar surface area (TPSA) is 92.9 Å². The van der Waals surface area contributed by atoms with Gasteiger partial charge in [0.25, 0.3) is 0 Å². The van der Waals surface area contributed by atoms with Crippen LogP contribution in [0.15, 0.2) is 24.3 Å². The van der Waals surface area contributed by atoms with Crippen LogP contribution in [0.25, 0.3) is 0 Å². The van der Waals surface area contributed by atoms with Gasteiger partial charge in [0, 0.05) is 24.3 Å². The second kappa shape index (κ2) is 6.43. The SMILES string of the molecule is Nc1cccc(OCCS(=O)(=O)N2CCC[C@@H]2CO)c1. The fraction of sp³-hybridized carbons (Fsp3) is 0.538. The molecular weight excluding hydrogens is 280 g/mol. The van der Waals surface area contributed by atoms with E-state index < -0.39 is 10.0 Å². The Hall–Kier alpha value is -1.31. The van der Waals surface area contributed by atoms with Gasteiger partial charge in [-0.2, -0.15) is 4.31 Å². The van der Waals surface area contributed by atoms with E-state index in [9.17, 15) is 13.5 Å². The van der Waals surface area contributed by atoms with Crippen molar-refractivity contribution in [3.05, 3.63) is 24.3 Å². The Balaban J connectivity index is 1.89. The van der Waals surface area contributed by atoms with E-state index in [0.717, 1.165) is 6.42 Å². The predicted molar refractivity (Wildman–Crippen MR) is 77.0 cm³/mol. The molecule has 0 unspecified atom stereocenters. The number of hydrogen-bond donors (Lipinski definition) is 2. The molecule has 6 nitrogen and oxygen atoms in total. The zero-order valence-corrected chi connectivity index (χ0v) is 12.1. The van der Waals surface area contributed by atoms with Crippen molar-refractivity contribution in [2.24, 2.45) is 0 Å². The Kier molecular flexibility index (Phi) is 4.85. The molecule has 3 N–H and O–H groups in total. The molecule has 1 aliphatic rings. The monoisotopic (exact) mass is 300 g/mol. The van der Waals surface area contributed by atoms with E-state index in [-0.39, 0.29) is 25.0 Å². The zero-order chi connectivity index (χ0) is 14.6. The van der Waals surface area contributed by atoms with Gasteiger partial charge in [-0.15, -0.1) is 0 Å². The minimum Gasteiger partial charge on any atom is -0.492 e. The summed E-state index contributed by atoms with van der Waals surface area (Å²) in [5.41, 5.74) is 6.19. The van der Waals surface area contributed by atoms with Crippen LogP contribution in [0.2, 0.25) is 0 Å². The highest BCUT2D eigenvalue weighted by Crippen LogP contribution is 2.21. The van der Waals surface area contributed by atoms with Gasteiger partial charge in [-0.25, -0.2) is 8.42 Å². The summed E-state index contributed by atoms with van der Waals surface area (Å²) < 4.78 is 31.1. The Morgan fingerprint density at radius 1 is 1.45 bits per heavy atom. The molecule has 0 aromatic heterocycles. The average Bonchev–Trinajstić information content (AvgIpc) is 2.87. The number of nitrogens with two attached hydrogens (primary N) is 1. The summed E-state index contributed by atoms with van der Waals surface area (Å²) in [4.78, 5) is 0. The number of hydrogen-bond acceptors (Lipinski definition) is 5. The maximum atomic E-state index is 12.2. The number of ether oxygens (including phenoxy) is 1.